The summed E-state index contributed by atoms with van der Waals surface area (Å²) in [5.74, 6) is -0.849. The smallest absolute Gasteiger partial charge is 0.254 e. The molecule has 0 saturated heterocycles. The molecule has 0 atom stereocenters. The molecule has 2 rings (SSSR count). The number of nitrogens with zero attached hydrogens (tertiary/aromatic N) is 2. The zero-order chi connectivity index (χ0) is 13.1. The van der Waals surface area contributed by atoms with Crippen LogP contribution in [-0.2, 0) is 13.6 Å². The maximum absolute atomic E-state index is 13.4. The van der Waals surface area contributed by atoms with E-state index in [1.165, 1.54) is 12.1 Å². The zero-order valence-corrected chi connectivity index (χ0v) is 9.72. The van der Waals surface area contributed by atoms with Crippen molar-refractivity contribution >= 4 is 5.91 Å². The Hall–Kier alpha value is -2.37. The van der Waals surface area contributed by atoms with Gasteiger partial charge in [0.1, 0.15) is 17.4 Å². The maximum Gasteiger partial charge on any atom is 0.254 e. The Labute approximate surface area is 103 Å². The van der Waals surface area contributed by atoms with Crippen LogP contribution >= 0.6 is 0 Å². The number of imidazole rings is 1. The molecule has 0 unspecified atom stereocenters. The van der Waals surface area contributed by atoms with E-state index in [1.54, 1.807) is 24.0 Å². The number of aromatic hydroxyl groups is 1. The second-order valence-electron chi connectivity index (χ2n) is 3.80. The predicted octanol–water partition coefficient (Wildman–Crippen LogP) is 1.19. The first-order chi connectivity index (χ1) is 8.58. The summed E-state index contributed by atoms with van der Waals surface area (Å²) in [6.45, 7) is 0.211. The molecule has 1 aromatic heterocycles. The van der Waals surface area contributed by atoms with E-state index in [2.05, 4.69) is 10.3 Å². The van der Waals surface area contributed by atoms with Gasteiger partial charge >= 0.3 is 0 Å². The van der Waals surface area contributed by atoms with Gasteiger partial charge in [0.2, 0.25) is 0 Å². The van der Waals surface area contributed by atoms with Crippen molar-refractivity contribution in [2.45, 2.75) is 6.54 Å². The Morgan fingerprint density at radius 1 is 1.56 bits per heavy atom. The average molecular weight is 249 g/mol. The van der Waals surface area contributed by atoms with Crippen LogP contribution in [0.25, 0.3) is 0 Å². The standard InChI is InChI=1S/C12H12FN3O2/c1-16-5-4-14-11(16)7-15-12(18)9-3-2-8(17)6-10(9)13/h2-6,17H,7H2,1H3,(H,15,18). The summed E-state index contributed by atoms with van der Waals surface area (Å²) in [6.07, 6.45) is 3.37. The molecular formula is C12H12FN3O2. The minimum atomic E-state index is -0.757. The van der Waals surface area contributed by atoms with Crippen molar-refractivity contribution in [1.82, 2.24) is 14.9 Å². The van der Waals surface area contributed by atoms with Gasteiger partial charge in [0.05, 0.1) is 12.1 Å². The molecule has 0 bridgehead atoms. The van der Waals surface area contributed by atoms with Crippen LogP contribution in [0, 0.1) is 5.82 Å². The van der Waals surface area contributed by atoms with E-state index in [0.29, 0.717) is 5.82 Å². The number of benzene rings is 1. The minimum Gasteiger partial charge on any atom is -0.508 e. The summed E-state index contributed by atoms with van der Waals surface area (Å²) in [6, 6.07) is 3.40. The van der Waals surface area contributed by atoms with Crippen LogP contribution in [0.5, 0.6) is 5.75 Å². The highest BCUT2D eigenvalue weighted by Gasteiger charge is 2.12. The van der Waals surface area contributed by atoms with Gasteiger partial charge in [-0.1, -0.05) is 0 Å². The number of aromatic nitrogens is 2. The summed E-state index contributed by atoms with van der Waals surface area (Å²) in [4.78, 5) is 15.7. The largest absolute Gasteiger partial charge is 0.508 e. The van der Waals surface area contributed by atoms with E-state index in [-0.39, 0.29) is 17.9 Å². The van der Waals surface area contributed by atoms with E-state index in [9.17, 15) is 9.18 Å². The fraction of sp³-hybridized carbons (Fsp3) is 0.167. The first-order valence-electron chi connectivity index (χ1n) is 5.31. The molecule has 6 heteroatoms. The fourth-order valence-electron chi connectivity index (χ4n) is 1.51. The first-order valence-corrected chi connectivity index (χ1v) is 5.31. The highest BCUT2D eigenvalue weighted by molar-refractivity contribution is 5.94. The van der Waals surface area contributed by atoms with Crippen LogP contribution in [-0.4, -0.2) is 20.6 Å². The van der Waals surface area contributed by atoms with Gasteiger partial charge in [-0.25, -0.2) is 9.37 Å². The lowest BCUT2D eigenvalue weighted by molar-refractivity contribution is 0.0945. The van der Waals surface area contributed by atoms with Crippen molar-refractivity contribution < 1.29 is 14.3 Å². The fourth-order valence-corrected chi connectivity index (χ4v) is 1.51. The highest BCUT2D eigenvalue weighted by Crippen LogP contribution is 2.14. The van der Waals surface area contributed by atoms with Crippen LogP contribution in [0.15, 0.2) is 30.6 Å². The predicted molar refractivity (Wildman–Crippen MR) is 62.4 cm³/mol. The number of nitrogens with one attached hydrogen (secondary N) is 1. The van der Waals surface area contributed by atoms with Gasteiger partial charge in [-0.3, -0.25) is 4.79 Å². The number of phenolic OH excluding ortho intramolecular Hbond substituents is 1. The first kappa shape index (κ1) is 12.1. The molecule has 0 fully saturated rings. The topological polar surface area (TPSA) is 67.2 Å². The Morgan fingerprint density at radius 3 is 2.94 bits per heavy atom. The number of hydrogen-bond acceptors (Lipinski definition) is 3. The molecule has 5 nitrogen and oxygen atoms in total. The SMILES string of the molecule is Cn1ccnc1CNC(=O)c1ccc(O)cc1F. The highest BCUT2D eigenvalue weighted by atomic mass is 19.1. The number of hydrogen-bond donors (Lipinski definition) is 2. The third-order valence-electron chi connectivity index (χ3n) is 2.53. The van der Waals surface area contributed by atoms with Gasteiger partial charge in [0, 0.05) is 25.5 Å². The van der Waals surface area contributed by atoms with Crippen molar-refractivity contribution in [3.8, 4) is 5.75 Å². The number of carbonyl (C=O) groups is 1. The van der Waals surface area contributed by atoms with Crippen molar-refractivity contribution in [2.24, 2.45) is 7.05 Å². The molecule has 94 valence electrons. The summed E-state index contributed by atoms with van der Waals surface area (Å²) in [5, 5.41) is 11.6. The van der Waals surface area contributed by atoms with E-state index >= 15 is 0 Å². The second-order valence-corrected chi connectivity index (χ2v) is 3.80. The normalized spacial score (nSPS) is 10.3. The van der Waals surface area contributed by atoms with Crippen LogP contribution < -0.4 is 5.32 Å². The minimum absolute atomic E-state index is 0.109. The Bertz CT molecular complexity index is 580. The number of rotatable bonds is 3. The summed E-state index contributed by atoms with van der Waals surface area (Å²) < 4.78 is 15.2. The molecule has 1 amide bonds. The van der Waals surface area contributed by atoms with Crippen molar-refractivity contribution in [3.05, 3.63) is 47.8 Å². The summed E-state index contributed by atoms with van der Waals surface area (Å²) in [5.41, 5.74) is -0.109. The lowest BCUT2D eigenvalue weighted by Crippen LogP contribution is -2.25. The van der Waals surface area contributed by atoms with Gasteiger partial charge in [0.15, 0.2) is 0 Å². The van der Waals surface area contributed by atoms with Crippen LogP contribution in [0.4, 0.5) is 4.39 Å². The van der Waals surface area contributed by atoms with Crippen molar-refractivity contribution in [3.63, 3.8) is 0 Å². The van der Waals surface area contributed by atoms with E-state index in [1.807, 2.05) is 0 Å². The molecule has 1 aromatic carbocycles. The molecule has 2 N–H and O–H groups in total. The third kappa shape index (κ3) is 2.48. The van der Waals surface area contributed by atoms with Crippen molar-refractivity contribution in [2.75, 3.05) is 0 Å². The monoisotopic (exact) mass is 249 g/mol. The van der Waals surface area contributed by atoms with Crippen molar-refractivity contribution in [1.29, 1.82) is 0 Å². The Kier molecular flexibility index (Phi) is 3.27. The van der Waals surface area contributed by atoms with Gasteiger partial charge in [0.25, 0.3) is 5.91 Å². The number of amides is 1. The molecule has 0 aliphatic heterocycles. The molecule has 0 radical (unpaired) electrons. The molecule has 0 aliphatic carbocycles. The third-order valence-corrected chi connectivity index (χ3v) is 2.53. The second kappa shape index (κ2) is 4.87. The molecular weight excluding hydrogens is 237 g/mol. The number of phenols is 1. The zero-order valence-electron chi connectivity index (χ0n) is 9.72. The molecule has 18 heavy (non-hydrogen) atoms. The van der Waals surface area contributed by atoms with Gasteiger partial charge in [-0.05, 0) is 12.1 Å². The van der Waals surface area contributed by atoms with Gasteiger partial charge in [-0.15, -0.1) is 0 Å². The Morgan fingerprint density at radius 2 is 2.33 bits per heavy atom. The maximum atomic E-state index is 13.4. The Balaban J connectivity index is 2.06. The number of halogens is 1. The van der Waals surface area contributed by atoms with E-state index in [4.69, 9.17) is 5.11 Å². The number of aryl methyl sites for hydroxylation is 1. The molecule has 1 heterocycles. The molecule has 2 aromatic rings. The molecule has 0 aliphatic rings. The lowest BCUT2D eigenvalue weighted by Gasteiger charge is -2.06. The van der Waals surface area contributed by atoms with Crippen LogP contribution in [0.3, 0.4) is 0 Å². The summed E-state index contributed by atoms with van der Waals surface area (Å²) >= 11 is 0. The average Bonchev–Trinajstić information content (AvgIpc) is 2.72. The van der Waals surface area contributed by atoms with Gasteiger partial charge < -0.3 is 15.0 Å². The van der Waals surface area contributed by atoms with Gasteiger partial charge in [-0.2, -0.15) is 0 Å². The number of carbonyl (C=O) groups excluding carboxylic acids is 1. The summed E-state index contributed by atoms with van der Waals surface area (Å²) in [7, 11) is 1.80. The quantitative estimate of drug-likeness (QED) is 0.858. The molecule has 0 saturated carbocycles. The molecule has 0 spiro atoms. The van der Waals surface area contributed by atoms with E-state index in [0.717, 1.165) is 6.07 Å². The van der Waals surface area contributed by atoms with Crippen LogP contribution in [0.2, 0.25) is 0 Å². The van der Waals surface area contributed by atoms with E-state index < -0.39 is 11.7 Å². The van der Waals surface area contributed by atoms with Crippen LogP contribution in [0.1, 0.15) is 16.2 Å². The lowest BCUT2D eigenvalue weighted by atomic mass is 10.2.